The highest BCUT2D eigenvalue weighted by Gasteiger charge is 2.27. The first-order valence-electron chi connectivity index (χ1n) is 9.12. The van der Waals surface area contributed by atoms with Gasteiger partial charge in [0.1, 0.15) is 0 Å². The van der Waals surface area contributed by atoms with Gasteiger partial charge in [-0.15, -0.1) is 0 Å². The van der Waals surface area contributed by atoms with E-state index in [1.54, 1.807) is 0 Å². The molecule has 0 radical (unpaired) electrons. The van der Waals surface area contributed by atoms with Gasteiger partial charge in [-0.25, -0.2) is 0 Å². The smallest absolute Gasteiger partial charge is 0.0375 e. The fourth-order valence-corrected chi connectivity index (χ4v) is 4.19. The van der Waals surface area contributed by atoms with E-state index < -0.39 is 0 Å². The molecule has 3 nitrogen and oxygen atoms in total. The summed E-state index contributed by atoms with van der Waals surface area (Å²) in [5, 5.41) is 0. The Morgan fingerprint density at radius 3 is 2.45 bits per heavy atom. The number of aryl methyl sites for hydroxylation is 1. The Morgan fingerprint density at radius 2 is 1.82 bits per heavy atom. The van der Waals surface area contributed by atoms with Gasteiger partial charge in [-0.3, -0.25) is 4.98 Å². The molecule has 0 aliphatic carbocycles. The van der Waals surface area contributed by atoms with Crippen molar-refractivity contribution in [1.82, 2.24) is 14.8 Å². The molecule has 122 valence electrons. The Bertz CT molecular complexity index is 458. The maximum absolute atomic E-state index is 4.31. The van der Waals surface area contributed by atoms with Crippen LogP contribution in [0.15, 0.2) is 18.3 Å². The summed E-state index contributed by atoms with van der Waals surface area (Å²) in [7, 11) is 0. The molecule has 22 heavy (non-hydrogen) atoms. The topological polar surface area (TPSA) is 19.4 Å². The van der Waals surface area contributed by atoms with Crippen molar-refractivity contribution in [2.24, 2.45) is 5.92 Å². The zero-order valence-electron chi connectivity index (χ0n) is 14.3. The van der Waals surface area contributed by atoms with Gasteiger partial charge in [0.25, 0.3) is 0 Å². The van der Waals surface area contributed by atoms with E-state index in [9.17, 15) is 0 Å². The lowest BCUT2D eigenvalue weighted by Gasteiger charge is -2.41. The van der Waals surface area contributed by atoms with E-state index in [0.29, 0.717) is 0 Å². The van der Waals surface area contributed by atoms with Gasteiger partial charge < -0.3 is 9.80 Å². The second-order valence-electron chi connectivity index (χ2n) is 7.15. The van der Waals surface area contributed by atoms with Gasteiger partial charge in [-0.1, -0.05) is 6.92 Å². The molecule has 2 aliphatic rings. The van der Waals surface area contributed by atoms with Crippen LogP contribution in [-0.2, 0) is 6.42 Å². The lowest BCUT2D eigenvalue weighted by Crippen LogP contribution is -2.47. The maximum Gasteiger partial charge on any atom is 0.0375 e. The van der Waals surface area contributed by atoms with Gasteiger partial charge in [0.2, 0.25) is 0 Å². The van der Waals surface area contributed by atoms with Crippen LogP contribution < -0.4 is 0 Å². The SMILES string of the molecule is CCN1CCC(N2CCC(Cc3ccnc(C)c3)CC2)CC1. The van der Waals surface area contributed by atoms with Crippen LogP contribution in [0.3, 0.4) is 0 Å². The van der Waals surface area contributed by atoms with E-state index in [0.717, 1.165) is 17.7 Å². The van der Waals surface area contributed by atoms with E-state index in [2.05, 4.69) is 40.8 Å². The molecule has 2 fully saturated rings. The summed E-state index contributed by atoms with van der Waals surface area (Å²) < 4.78 is 0. The van der Waals surface area contributed by atoms with E-state index in [-0.39, 0.29) is 0 Å². The second-order valence-corrected chi connectivity index (χ2v) is 7.15. The average Bonchev–Trinajstić information content (AvgIpc) is 2.56. The molecule has 0 bridgehead atoms. The first-order chi connectivity index (χ1) is 10.7. The monoisotopic (exact) mass is 301 g/mol. The zero-order valence-corrected chi connectivity index (χ0v) is 14.3. The van der Waals surface area contributed by atoms with Crippen molar-refractivity contribution in [2.75, 3.05) is 32.7 Å². The number of rotatable bonds is 4. The van der Waals surface area contributed by atoms with Crippen molar-refractivity contribution in [2.45, 2.75) is 52.0 Å². The van der Waals surface area contributed by atoms with Crippen LogP contribution in [0.5, 0.6) is 0 Å². The third-order valence-corrected chi connectivity index (χ3v) is 5.66. The number of hydrogen-bond donors (Lipinski definition) is 0. The van der Waals surface area contributed by atoms with Crippen LogP contribution in [-0.4, -0.2) is 53.5 Å². The van der Waals surface area contributed by atoms with Crippen LogP contribution in [0.4, 0.5) is 0 Å². The molecule has 0 unspecified atom stereocenters. The predicted molar refractivity (Wildman–Crippen MR) is 92.1 cm³/mol. The van der Waals surface area contributed by atoms with Gasteiger partial charge in [0, 0.05) is 17.9 Å². The Morgan fingerprint density at radius 1 is 1.09 bits per heavy atom. The normalized spacial score (nSPS) is 23.0. The first-order valence-corrected chi connectivity index (χ1v) is 9.12. The Kier molecular flexibility index (Phi) is 5.48. The van der Waals surface area contributed by atoms with Crippen molar-refractivity contribution in [3.05, 3.63) is 29.6 Å². The molecule has 1 aromatic rings. The average molecular weight is 301 g/mol. The molecule has 0 spiro atoms. The van der Waals surface area contributed by atoms with Crippen molar-refractivity contribution >= 4 is 0 Å². The Labute approximate surface area is 135 Å². The molecular weight excluding hydrogens is 270 g/mol. The fourth-order valence-electron chi connectivity index (χ4n) is 4.19. The molecule has 3 rings (SSSR count). The zero-order chi connectivity index (χ0) is 15.4. The molecule has 0 amide bonds. The molecule has 2 saturated heterocycles. The highest BCUT2D eigenvalue weighted by Crippen LogP contribution is 2.26. The molecule has 3 heteroatoms. The Balaban J connectivity index is 1.44. The number of pyridine rings is 1. The number of nitrogens with zero attached hydrogens (tertiary/aromatic N) is 3. The predicted octanol–water partition coefficient (Wildman–Crippen LogP) is 3.13. The minimum atomic E-state index is 0.854. The first kappa shape index (κ1) is 15.9. The Hall–Kier alpha value is -0.930. The van der Waals surface area contributed by atoms with Gasteiger partial charge >= 0.3 is 0 Å². The fraction of sp³-hybridized carbons (Fsp3) is 0.737. The summed E-state index contributed by atoms with van der Waals surface area (Å²) in [6.45, 7) is 10.8. The summed E-state index contributed by atoms with van der Waals surface area (Å²) in [4.78, 5) is 9.68. The number of piperidine rings is 2. The van der Waals surface area contributed by atoms with E-state index in [1.807, 2.05) is 6.20 Å². The molecule has 0 saturated carbocycles. The standard InChI is InChI=1S/C19H31N3/c1-3-21-10-7-19(8-11-21)22-12-5-17(6-13-22)15-18-4-9-20-16(2)14-18/h4,9,14,17,19H,3,5-8,10-13,15H2,1-2H3. The molecule has 1 aromatic heterocycles. The summed E-state index contributed by atoms with van der Waals surface area (Å²) in [5.41, 5.74) is 2.62. The van der Waals surface area contributed by atoms with Crippen molar-refractivity contribution in [1.29, 1.82) is 0 Å². The number of hydrogen-bond acceptors (Lipinski definition) is 3. The molecule has 0 N–H and O–H groups in total. The van der Waals surface area contributed by atoms with Gasteiger partial charge in [0.05, 0.1) is 0 Å². The third-order valence-electron chi connectivity index (χ3n) is 5.66. The molecule has 0 aromatic carbocycles. The van der Waals surface area contributed by atoms with Crippen molar-refractivity contribution < 1.29 is 0 Å². The maximum atomic E-state index is 4.31. The van der Waals surface area contributed by atoms with Gasteiger partial charge in [-0.05, 0) is 95.4 Å². The summed E-state index contributed by atoms with van der Waals surface area (Å²) in [6, 6.07) is 5.30. The number of likely N-dealkylation sites (tertiary alicyclic amines) is 2. The minimum absolute atomic E-state index is 0.854. The molecular formula is C19H31N3. The summed E-state index contributed by atoms with van der Waals surface area (Å²) in [6.07, 6.45) is 8.70. The highest BCUT2D eigenvalue weighted by molar-refractivity contribution is 5.16. The molecule has 3 heterocycles. The van der Waals surface area contributed by atoms with Crippen molar-refractivity contribution in [3.63, 3.8) is 0 Å². The summed E-state index contributed by atoms with van der Waals surface area (Å²) in [5.74, 6) is 0.869. The minimum Gasteiger partial charge on any atom is -0.303 e. The van der Waals surface area contributed by atoms with Crippen LogP contribution in [0.2, 0.25) is 0 Å². The van der Waals surface area contributed by atoms with E-state index >= 15 is 0 Å². The van der Waals surface area contributed by atoms with Crippen LogP contribution in [0.1, 0.15) is 43.9 Å². The molecule has 0 atom stereocenters. The lowest BCUT2D eigenvalue weighted by molar-refractivity contribution is 0.0795. The summed E-state index contributed by atoms with van der Waals surface area (Å²) >= 11 is 0. The quantitative estimate of drug-likeness (QED) is 0.852. The number of aromatic nitrogens is 1. The van der Waals surface area contributed by atoms with Crippen LogP contribution in [0, 0.1) is 12.8 Å². The van der Waals surface area contributed by atoms with Crippen molar-refractivity contribution in [3.8, 4) is 0 Å². The van der Waals surface area contributed by atoms with E-state index in [4.69, 9.17) is 0 Å². The highest BCUT2D eigenvalue weighted by atomic mass is 15.2. The van der Waals surface area contributed by atoms with Crippen LogP contribution >= 0.6 is 0 Å². The third kappa shape index (κ3) is 4.08. The van der Waals surface area contributed by atoms with Gasteiger partial charge in [-0.2, -0.15) is 0 Å². The van der Waals surface area contributed by atoms with Crippen LogP contribution in [0.25, 0.3) is 0 Å². The largest absolute Gasteiger partial charge is 0.303 e. The van der Waals surface area contributed by atoms with E-state index in [1.165, 1.54) is 70.4 Å². The lowest BCUT2D eigenvalue weighted by atomic mass is 9.88. The second kappa shape index (κ2) is 7.56. The molecule has 2 aliphatic heterocycles. The van der Waals surface area contributed by atoms with Gasteiger partial charge in [0.15, 0.2) is 0 Å².